The number of ether oxygens (including phenoxy) is 1. The van der Waals surface area contributed by atoms with Gasteiger partial charge in [-0.3, -0.25) is 0 Å². The third kappa shape index (κ3) is 3.39. The Morgan fingerprint density at radius 1 is 1.23 bits per heavy atom. The molecule has 0 aliphatic carbocycles. The maximum absolute atomic E-state index is 13.1. The molecule has 0 aliphatic rings. The third-order valence-electron chi connectivity index (χ3n) is 1.14. The summed E-state index contributed by atoms with van der Waals surface area (Å²) in [6.07, 6.45) is 0. The molecular weight excluding hydrogens is 261 g/mol. The minimum absolute atomic E-state index is 0.0910. The Balaban J connectivity index is 2.96. The summed E-state index contributed by atoms with van der Waals surface area (Å²) in [6.45, 7) is 0. The van der Waals surface area contributed by atoms with Gasteiger partial charge in [-0.1, -0.05) is 17.7 Å². The molecule has 0 amide bonds. The SMILES string of the molecule is Fc1c(Cl)cccc1OC(Cl)(Cl)Cl. The van der Waals surface area contributed by atoms with E-state index in [2.05, 4.69) is 4.74 Å². The van der Waals surface area contributed by atoms with Gasteiger partial charge in [0.25, 0.3) is 0 Å². The molecule has 0 atom stereocenters. The van der Waals surface area contributed by atoms with E-state index in [0.717, 1.165) is 0 Å². The minimum atomic E-state index is -1.99. The van der Waals surface area contributed by atoms with Crippen molar-refractivity contribution in [3.63, 3.8) is 0 Å². The molecule has 1 nitrogen and oxygen atoms in total. The zero-order valence-electron chi connectivity index (χ0n) is 6.03. The zero-order chi connectivity index (χ0) is 10.1. The molecule has 0 heterocycles. The van der Waals surface area contributed by atoms with E-state index in [0.29, 0.717) is 0 Å². The van der Waals surface area contributed by atoms with E-state index < -0.39 is 9.80 Å². The van der Waals surface area contributed by atoms with Crippen LogP contribution in [0.3, 0.4) is 0 Å². The molecule has 0 saturated heterocycles. The van der Waals surface area contributed by atoms with Crippen molar-refractivity contribution in [1.82, 2.24) is 0 Å². The topological polar surface area (TPSA) is 9.23 Å². The summed E-state index contributed by atoms with van der Waals surface area (Å²) in [4.78, 5) is 0. The fourth-order valence-electron chi connectivity index (χ4n) is 0.688. The van der Waals surface area contributed by atoms with Crippen LogP contribution in [0.5, 0.6) is 5.75 Å². The van der Waals surface area contributed by atoms with Gasteiger partial charge in [0.2, 0.25) is 0 Å². The van der Waals surface area contributed by atoms with Gasteiger partial charge in [0.05, 0.1) is 5.02 Å². The van der Waals surface area contributed by atoms with Gasteiger partial charge in [-0.2, -0.15) is 0 Å². The van der Waals surface area contributed by atoms with Crippen molar-refractivity contribution in [2.75, 3.05) is 0 Å². The average Bonchev–Trinajstić information content (AvgIpc) is 1.96. The van der Waals surface area contributed by atoms with Crippen molar-refractivity contribution >= 4 is 46.4 Å². The highest BCUT2D eigenvalue weighted by molar-refractivity contribution is 6.66. The minimum Gasteiger partial charge on any atom is -0.442 e. The molecule has 1 aromatic carbocycles. The lowest BCUT2D eigenvalue weighted by Gasteiger charge is -2.14. The predicted molar refractivity (Wildman–Crippen MR) is 52.3 cm³/mol. The van der Waals surface area contributed by atoms with Crippen molar-refractivity contribution in [3.8, 4) is 5.75 Å². The number of alkyl halides is 3. The third-order valence-corrected chi connectivity index (χ3v) is 1.67. The molecule has 0 aliphatic heterocycles. The number of hydrogen-bond donors (Lipinski definition) is 0. The fraction of sp³-hybridized carbons (Fsp3) is 0.143. The monoisotopic (exact) mass is 262 g/mol. The highest BCUT2D eigenvalue weighted by Gasteiger charge is 2.24. The summed E-state index contributed by atoms with van der Waals surface area (Å²) < 4.78 is 15.8. The molecule has 6 heteroatoms. The molecule has 13 heavy (non-hydrogen) atoms. The second-order valence-corrected chi connectivity index (χ2v) is 4.68. The van der Waals surface area contributed by atoms with Gasteiger partial charge in [-0.25, -0.2) is 4.39 Å². The van der Waals surface area contributed by atoms with Gasteiger partial charge in [0, 0.05) is 0 Å². The lowest BCUT2D eigenvalue weighted by Crippen LogP contribution is -2.13. The van der Waals surface area contributed by atoms with Gasteiger partial charge in [0.1, 0.15) is 0 Å². The second kappa shape index (κ2) is 4.09. The number of halogens is 5. The lowest BCUT2D eigenvalue weighted by atomic mass is 10.3. The van der Waals surface area contributed by atoms with Crippen LogP contribution in [0, 0.1) is 5.82 Å². The van der Waals surface area contributed by atoms with Crippen molar-refractivity contribution in [1.29, 1.82) is 0 Å². The van der Waals surface area contributed by atoms with E-state index in [1.165, 1.54) is 18.2 Å². The first kappa shape index (κ1) is 11.2. The van der Waals surface area contributed by atoms with Crippen LogP contribution in [0.1, 0.15) is 0 Å². The lowest BCUT2D eigenvalue weighted by molar-refractivity contribution is 0.303. The summed E-state index contributed by atoms with van der Waals surface area (Å²) in [5, 5.41) is -0.0910. The Kier molecular flexibility index (Phi) is 3.52. The Morgan fingerprint density at radius 3 is 2.38 bits per heavy atom. The Morgan fingerprint density at radius 2 is 1.85 bits per heavy atom. The van der Waals surface area contributed by atoms with Crippen LogP contribution in [-0.4, -0.2) is 3.98 Å². The molecular formula is C7H3Cl4FO. The van der Waals surface area contributed by atoms with Crippen LogP contribution < -0.4 is 4.74 Å². The first-order chi connectivity index (χ1) is 5.90. The molecule has 1 aromatic rings. The van der Waals surface area contributed by atoms with Crippen LogP contribution in [0.4, 0.5) is 4.39 Å². The van der Waals surface area contributed by atoms with Crippen molar-refractivity contribution in [2.45, 2.75) is 3.98 Å². The standard InChI is InChI=1S/C7H3Cl4FO/c8-4-2-1-3-5(6(4)12)13-7(9,10)11/h1-3H. The average molecular weight is 264 g/mol. The van der Waals surface area contributed by atoms with Crippen LogP contribution in [0.2, 0.25) is 5.02 Å². The van der Waals surface area contributed by atoms with Crippen LogP contribution in [-0.2, 0) is 0 Å². The molecule has 0 bridgehead atoms. The quantitative estimate of drug-likeness (QED) is 0.691. The van der Waals surface area contributed by atoms with E-state index >= 15 is 0 Å². The molecule has 0 fully saturated rings. The molecule has 0 saturated carbocycles. The number of hydrogen-bond acceptors (Lipinski definition) is 1. The highest BCUT2D eigenvalue weighted by Crippen LogP contribution is 2.33. The first-order valence-electron chi connectivity index (χ1n) is 3.10. The Labute approximate surface area is 94.3 Å². The van der Waals surface area contributed by atoms with Gasteiger partial charge >= 0.3 is 3.98 Å². The van der Waals surface area contributed by atoms with E-state index in [4.69, 9.17) is 46.4 Å². The normalized spacial score (nSPS) is 11.5. The van der Waals surface area contributed by atoms with Gasteiger partial charge < -0.3 is 4.74 Å². The van der Waals surface area contributed by atoms with Crippen molar-refractivity contribution in [2.24, 2.45) is 0 Å². The fourth-order valence-corrected chi connectivity index (χ4v) is 1.10. The van der Waals surface area contributed by atoms with Crippen LogP contribution in [0.25, 0.3) is 0 Å². The number of rotatable bonds is 1. The summed E-state index contributed by atoms with van der Waals surface area (Å²) in [6, 6.07) is 4.16. The summed E-state index contributed by atoms with van der Waals surface area (Å²) >= 11 is 21.3. The van der Waals surface area contributed by atoms with Crippen LogP contribution >= 0.6 is 46.4 Å². The number of benzene rings is 1. The predicted octanol–water partition coefficient (Wildman–Crippen LogP) is 4.19. The molecule has 0 aromatic heterocycles. The highest BCUT2D eigenvalue weighted by atomic mass is 35.6. The van der Waals surface area contributed by atoms with Gasteiger partial charge in [0.15, 0.2) is 11.6 Å². The largest absolute Gasteiger partial charge is 0.442 e. The molecule has 0 spiro atoms. The van der Waals surface area contributed by atoms with Gasteiger partial charge in [-0.05, 0) is 46.9 Å². The maximum Gasteiger partial charge on any atom is 0.338 e. The molecule has 0 unspecified atom stereocenters. The van der Waals surface area contributed by atoms with Crippen LogP contribution in [0.15, 0.2) is 18.2 Å². The van der Waals surface area contributed by atoms with E-state index in [1.54, 1.807) is 0 Å². The summed E-state index contributed by atoms with van der Waals surface area (Å²) in [5.41, 5.74) is 0. The van der Waals surface area contributed by atoms with E-state index in [-0.39, 0.29) is 10.8 Å². The van der Waals surface area contributed by atoms with Gasteiger partial charge in [-0.15, -0.1) is 0 Å². The Hall–Kier alpha value is 0.110. The summed E-state index contributed by atoms with van der Waals surface area (Å²) in [7, 11) is 0. The molecule has 0 radical (unpaired) electrons. The summed E-state index contributed by atoms with van der Waals surface area (Å²) in [5.74, 6) is -0.956. The Bertz CT molecular complexity index is 310. The van der Waals surface area contributed by atoms with E-state index in [1.807, 2.05) is 0 Å². The first-order valence-corrected chi connectivity index (χ1v) is 4.61. The van der Waals surface area contributed by atoms with Crippen molar-refractivity contribution in [3.05, 3.63) is 29.0 Å². The maximum atomic E-state index is 13.1. The zero-order valence-corrected chi connectivity index (χ0v) is 9.05. The van der Waals surface area contributed by atoms with Crippen molar-refractivity contribution < 1.29 is 9.13 Å². The van der Waals surface area contributed by atoms with E-state index in [9.17, 15) is 4.39 Å². The molecule has 0 N–H and O–H groups in total. The smallest absolute Gasteiger partial charge is 0.338 e. The molecule has 1 rings (SSSR count). The second-order valence-electron chi connectivity index (χ2n) is 2.10. The molecule has 72 valence electrons.